The highest BCUT2D eigenvalue weighted by Gasteiger charge is 2.46. The molecule has 3 aromatic rings. The van der Waals surface area contributed by atoms with Crippen LogP contribution in [0.3, 0.4) is 0 Å². The van der Waals surface area contributed by atoms with Crippen LogP contribution in [0.1, 0.15) is 67.7 Å². The Morgan fingerprint density at radius 3 is 2.30 bits per heavy atom. The number of Topliss-reactive ketones (excluding diaryl/α,β-unsaturated/α-hetero) is 1. The predicted octanol–water partition coefficient (Wildman–Crippen LogP) is 5.76. The van der Waals surface area contributed by atoms with E-state index in [1.807, 2.05) is 43.3 Å². The first-order valence-electron chi connectivity index (χ1n) is 15.3. The van der Waals surface area contributed by atoms with Crippen molar-refractivity contribution in [1.82, 2.24) is 9.97 Å². The third-order valence-corrected chi connectivity index (χ3v) is 8.73. The van der Waals surface area contributed by atoms with Crippen LogP contribution in [-0.2, 0) is 4.79 Å². The second kappa shape index (κ2) is 14.9. The SMILES string of the molecule is CC=Nc1c(NCC(c2ccccc2)c2ccccc2)nc(N2CCCC2)nc1[C@@H]1C[C@H](CCC(=O)CN=O)[C@@H](N=O)[C@H]1O. The monoisotopic (exact) mass is 597 g/mol. The lowest BCUT2D eigenvalue weighted by atomic mass is 9.91. The first kappa shape index (κ1) is 31.1. The predicted molar refractivity (Wildman–Crippen MR) is 172 cm³/mol. The Morgan fingerprint density at radius 1 is 1.05 bits per heavy atom. The molecular formula is C33H39N7O4. The van der Waals surface area contributed by atoms with E-state index in [4.69, 9.17) is 15.0 Å². The number of rotatable bonds is 14. The lowest BCUT2D eigenvalue weighted by molar-refractivity contribution is -0.118. The Balaban J connectivity index is 1.51. The summed E-state index contributed by atoms with van der Waals surface area (Å²) < 4.78 is 0. The number of carbonyl (C=O) groups excluding carboxylic acids is 1. The van der Waals surface area contributed by atoms with Crippen LogP contribution >= 0.6 is 0 Å². The maximum atomic E-state index is 12.0. The van der Waals surface area contributed by atoms with Crippen LogP contribution in [0.25, 0.3) is 0 Å². The summed E-state index contributed by atoms with van der Waals surface area (Å²) in [6, 6.07) is 19.7. The minimum atomic E-state index is -1.10. The van der Waals surface area contributed by atoms with E-state index in [1.54, 1.807) is 6.21 Å². The summed E-state index contributed by atoms with van der Waals surface area (Å²) in [7, 11) is 0. The average Bonchev–Trinajstić information content (AvgIpc) is 3.70. The third-order valence-electron chi connectivity index (χ3n) is 8.73. The number of nitroso groups, excluding NO2 is 2. The Labute approximate surface area is 257 Å². The van der Waals surface area contributed by atoms with E-state index in [2.05, 4.69) is 44.8 Å². The number of aliphatic hydroxyl groups excluding tert-OH is 1. The summed E-state index contributed by atoms with van der Waals surface area (Å²) in [5.74, 6) is -0.0219. The number of nitrogens with zero attached hydrogens (tertiary/aromatic N) is 6. The summed E-state index contributed by atoms with van der Waals surface area (Å²) in [5, 5.41) is 20.9. The van der Waals surface area contributed by atoms with Crippen molar-refractivity contribution in [3.05, 3.63) is 87.3 Å². The maximum Gasteiger partial charge on any atom is 0.227 e. The molecule has 1 aliphatic heterocycles. The van der Waals surface area contributed by atoms with E-state index >= 15 is 0 Å². The van der Waals surface area contributed by atoms with E-state index < -0.39 is 24.6 Å². The summed E-state index contributed by atoms with van der Waals surface area (Å²) in [6.07, 6.45) is 3.47. The van der Waals surface area contributed by atoms with Gasteiger partial charge in [0.05, 0.1) is 11.8 Å². The maximum absolute atomic E-state index is 12.0. The number of benzene rings is 2. The standard InChI is InChI=1S/C33H39N7O4/c1-2-34-30-29(26-19-24(28(39-44)31(26)42)15-16-25(41)20-36-43)37-33(40-17-9-10-18-40)38-32(30)35-21-27(22-11-5-3-6-12-22)23-13-7-4-8-14-23/h2-8,11-14,24,26-28,31,42H,9-10,15-21H2,1H3,(H,35,37,38)/t24-,26-,28+,31-/m0/s1. The molecule has 2 aromatic carbocycles. The number of nitrogens with one attached hydrogen (secondary N) is 1. The summed E-state index contributed by atoms with van der Waals surface area (Å²) in [4.78, 5) is 51.3. The Morgan fingerprint density at radius 2 is 1.70 bits per heavy atom. The zero-order chi connectivity index (χ0) is 30.9. The fourth-order valence-electron chi connectivity index (χ4n) is 6.48. The summed E-state index contributed by atoms with van der Waals surface area (Å²) >= 11 is 0. The number of anilines is 2. The lowest BCUT2D eigenvalue weighted by Crippen LogP contribution is -2.27. The number of ketones is 1. The number of hydrogen-bond acceptors (Lipinski definition) is 11. The summed E-state index contributed by atoms with van der Waals surface area (Å²) in [6.45, 7) is 3.60. The van der Waals surface area contributed by atoms with E-state index in [0.717, 1.165) is 37.1 Å². The van der Waals surface area contributed by atoms with Crippen LogP contribution in [0, 0.1) is 15.7 Å². The van der Waals surface area contributed by atoms with Crippen molar-refractivity contribution in [3.8, 4) is 0 Å². The number of carbonyl (C=O) groups is 1. The molecule has 11 heteroatoms. The van der Waals surface area contributed by atoms with Crippen LogP contribution in [0.2, 0.25) is 0 Å². The molecule has 0 radical (unpaired) electrons. The number of aliphatic imine (C=N–C) groups is 1. The van der Waals surface area contributed by atoms with Crippen molar-refractivity contribution in [3.63, 3.8) is 0 Å². The van der Waals surface area contributed by atoms with Gasteiger partial charge in [-0.2, -0.15) is 14.8 Å². The highest BCUT2D eigenvalue weighted by Crippen LogP contribution is 2.46. The zero-order valence-corrected chi connectivity index (χ0v) is 25.0. The van der Waals surface area contributed by atoms with Gasteiger partial charge < -0.3 is 15.3 Å². The van der Waals surface area contributed by atoms with E-state index in [-0.39, 0.29) is 24.0 Å². The largest absolute Gasteiger partial charge is 0.390 e. The van der Waals surface area contributed by atoms with Crippen molar-refractivity contribution in [2.75, 3.05) is 36.4 Å². The van der Waals surface area contributed by atoms with Crippen molar-refractivity contribution in [2.45, 2.75) is 63.0 Å². The molecule has 2 fully saturated rings. The van der Waals surface area contributed by atoms with Crippen molar-refractivity contribution in [1.29, 1.82) is 0 Å². The van der Waals surface area contributed by atoms with Gasteiger partial charge in [-0.1, -0.05) is 71.0 Å². The molecule has 4 atom stereocenters. The minimum absolute atomic E-state index is 0.0352. The van der Waals surface area contributed by atoms with Gasteiger partial charge in [-0.05, 0) is 49.7 Å². The molecule has 44 heavy (non-hydrogen) atoms. The molecule has 230 valence electrons. The van der Waals surface area contributed by atoms with Crippen molar-refractivity contribution in [2.24, 2.45) is 21.3 Å². The number of aromatic nitrogens is 2. The quantitative estimate of drug-likeness (QED) is 0.176. The topological polar surface area (TPSA) is 150 Å². The molecule has 1 aromatic heterocycles. The Hall–Kier alpha value is -4.38. The van der Waals surface area contributed by atoms with Gasteiger partial charge in [0.25, 0.3) is 0 Å². The molecule has 2 heterocycles. The first-order valence-corrected chi connectivity index (χ1v) is 15.3. The minimum Gasteiger partial charge on any atom is -0.390 e. The summed E-state index contributed by atoms with van der Waals surface area (Å²) in [5.41, 5.74) is 3.40. The van der Waals surface area contributed by atoms with Gasteiger partial charge >= 0.3 is 0 Å². The van der Waals surface area contributed by atoms with Gasteiger partial charge in [-0.15, -0.1) is 0 Å². The molecule has 0 unspecified atom stereocenters. The molecule has 0 amide bonds. The molecule has 0 bridgehead atoms. The van der Waals surface area contributed by atoms with Gasteiger partial charge in [0, 0.05) is 44.1 Å². The smallest absolute Gasteiger partial charge is 0.227 e. The van der Waals surface area contributed by atoms with E-state index in [9.17, 15) is 19.7 Å². The van der Waals surface area contributed by atoms with Gasteiger partial charge in [-0.3, -0.25) is 9.79 Å². The van der Waals surface area contributed by atoms with Crippen molar-refractivity contribution < 1.29 is 9.90 Å². The van der Waals surface area contributed by atoms with Crippen LogP contribution in [-0.4, -0.2) is 65.4 Å². The zero-order valence-electron chi connectivity index (χ0n) is 25.0. The molecule has 11 nitrogen and oxygen atoms in total. The van der Waals surface area contributed by atoms with Crippen LogP contribution in [0.4, 0.5) is 17.5 Å². The molecule has 2 N–H and O–H groups in total. The van der Waals surface area contributed by atoms with Gasteiger partial charge in [-0.25, -0.2) is 4.98 Å². The molecule has 1 aliphatic carbocycles. The van der Waals surface area contributed by atoms with E-state index in [1.165, 1.54) is 0 Å². The lowest BCUT2D eigenvalue weighted by Gasteiger charge is -2.24. The fraction of sp³-hybridized carbons (Fsp3) is 0.455. The third kappa shape index (κ3) is 7.05. The van der Waals surface area contributed by atoms with Gasteiger partial charge in [0.2, 0.25) is 5.95 Å². The first-order chi connectivity index (χ1) is 21.5. The van der Waals surface area contributed by atoms with Crippen LogP contribution < -0.4 is 10.2 Å². The number of hydrogen-bond donors (Lipinski definition) is 2. The second-order valence-electron chi connectivity index (χ2n) is 11.5. The second-order valence-corrected chi connectivity index (χ2v) is 11.5. The fourth-order valence-corrected chi connectivity index (χ4v) is 6.48. The van der Waals surface area contributed by atoms with Crippen LogP contribution in [0.15, 0.2) is 76.0 Å². The normalized spacial score (nSPS) is 21.7. The van der Waals surface area contributed by atoms with E-state index in [0.29, 0.717) is 42.5 Å². The molecule has 5 rings (SSSR count). The highest BCUT2D eigenvalue weighted by molar-refractivity contribution is 5.80. The molecule has 2 aliphatic rings. The highest BCUT2D eigenvalue weighted by atomic mass is 16.3. The van der Waals surface area contributed by atoms with Gasteiger partial charge in [0.1, 0.15) is 18.3 Å². The number of aliphatic hydroxyl groups is 1. The Kier molecular flexibility index (Phi) is 10.5. The average molecular weight is 598 g/mol. The Bertz CT molecular complexity index is 1410. The molecule has 1 saturated heterocycles. The van der Waals surface area contributed by atoms with Gasteiger partial charge in [0.15, 0.2) is 11.6 Å². The molecule has 1 saturated carbocycles. The molecular weight excluding hydrogens is 558 g/mol. The molecule has 0 spiro atoms. The van der Waals surface area contributed by atoms with Crippen molar-refractivity contribution >= 4 is 29.5 Å². The van der Waals surface area contributed by atoms with Crippen LogP contribution in [0.5, 0.6) is 0 Å².